The SMILES string of the molecule is Cc1ccc(CNCC2CCC2)cn1. The molecule has 0 amide bonds. The van der Waals surface area contributed by atoms with E-state index in [0.29, 0.717) is 0 Å². The summed E-state index contributed by atoms with van der Waals surface area (Å²) >= 11 is 0. The van der Waals surface area contributed by atoms with Crippen molar-refractivity contribution in [3.8, 4) is 0 Å². The van der Waals surface area contributed by atoms with Gasteiger partial charge in [-0.05, 0) is 43.9 Å². The summed E-state index contributed by atoms with van der Waals surface area (Å²) in [4.78, 5) is 4.27. The molecule has 0 aliphatic heterocycles. The van der Waals surface area contributed by atoms with Crippen LogP contribution >= 0.6 is 0 Å². The van der Waals surface area contributed by atoms with Gasteiger partial charge in [0, 0.05) is 18.4 Å². The third-order valence-electron chi connectivity index (χ3n) is 2.96. The topological polar surface area (TPSA) is 24.9 Å². The lowest BCUT2D eigenvalue weighted by molar-refractivity contribution is 0.301. The predicted octanol–water partition coefficient (Wildman–Crippen LogP) is 2.28. The molecule has 0 radical (unpaired) electrons. The van der Waals surface area contributed by atoms with Crippen LogP contribution < -0.4 is 5.32 Å². The third kappa shape index (κ3) is 2.55. The van der Waals surface area contributed by atoms with Crippen molar-refractivity contribution in [3.05, 3.63) is 29.6 Å². The van der Waals surface area contributed by atoms with Gasteiger partial charge in [-0.3, -0.25) is 4.98 Å². The van der Waals surface area contributed by atoms with E-state index in [4.69, 9.17) is 0 Å². The van der Waals surface area contributed by atoms with Crippen molar-refractivity contribution in [1.82, 2.24) is 10.3 Å². The lowest BCUT2D eigenvalue weighted by atomic mass is 9.85. The highest BCUT2D eigenvalue weighted by Gasteiger charge is 2.16. The van der Waals surface area contributed by atoms with E-state index in [1.807, 2.05) is 13.1 Å². The summed E-state index contributed by atoms with van der Waals surface area (Å²) in [5.41, 5.74) is 2.38. The van der Waals surface area contributed by atoms with E-state index >= 15 is 0 Å². The van der Waals surface area contributed by atoms with Gasteiger partial charge in [-0.1, -0.05) is 12.5 Å². The monoisotopic (exact) mass is 190 g/mol. The Hall–Kier alpha value is -0.890. The first-order valence-corrected chi connectivity index (χ1v) is 5.47. The van der Waals surface area contributed by atoms with Crippen LogP contribution in [-0.2, 0) is 6.54 Å². The van der Waals surface area contributed by atoms with Crippen LogP contribution in [0.2, 0.25) is 0 Å². The maximum Gasteiger partial charge on any atom is 0.0372 e. The summed E-state index contributed by atoms with van der Waals surface area (Å²) in [7, 11) is 0. The molecule has 2 heteroatoms. The van der Waals surface area contributed by atoms with E-state index < -0.39 is 0 Å². The number of hydrogen-bond donors (Lipinski definition) is 1. The molecule has 1 N–H and O–H groups in total. The van der Waals surface area contributed by atoms with Crippen LogP contribution in [0.4, 0.5) is 0 Å². The van der Waals surface area contributed by atoms with E-state index in [9.17, 15) is 0 Å². The molecule has 0 saturated heterocycles. The number of rotatable bonds is 4. The Bertz CT molecular complexity index is 275. The van der Waals surface area contributed by atoms with Crippen molar-refractivity contribution in [2.75, 3.05) is 6.54 Å². The van der Waals surface area contributed by atoms with Crippen LogP contribution in [-0.4, -0.2) is 11.5 Å². The summed E-state index contributed by atoms with van der Waals surface area (Å²) in [6.45, 7) is 4.16. The zero-order valence-corrected chi connectivity index (χ0v) is 8.79. The van der Waals surface area contributed by atoms with Crippen molar-refractivity contribution in [3.63, 3.8) is 0 Å². The Balaban J connectivity index is 1.71. The van der Waals surface area contributed by atoms with Gasteiger partial charge in [0.25, 0.3) is 0 Å². The Labute approximate surface area is 85.7 Å². The number of nitrogens with zero attached hydrogens (tertiary/aromatic N) is 1. The quantitative estimate of drug-likeness (QED) is 0.788. The highest BCUT2D eigenvalue weighted by atomic mass is 14.9. The van der Waals surface area contributed by atoms with Crippen LogP contribution in [0.3, 0.4) is 0 Å². The molecule has 1 heterocycles. The Morgan fingerprint density at radius 3 is 2.86 bits per heavy atom. The van der Waals surface area contributed by atoms with E-state index in [1.165, 1.54) is 31.4 Å². The van der Waals surface area contributed by atoms with Crippen molar-refractivity contribution >= 4 is 0 Å². The van der Waals surface area contributed by atoms with Gasteiger partial charge in [0.05, 0.1) is 0 Å². The maximum atomic E-state index is 4.27. The summed E-state index contributed by atoms with van der Waals surface area (Å²) in [6, 6.07) is 4.22. The Morgan fingerprint density at radius 2 is 2.29 bits per heavy atom. The van der Waals surface area contributed by atoms with E-state index in [-0.39, 0.29) is 0 Å². The highest BCUT2D eigenvalue weighted by Crippen LogP contribution is 2.25. The van der Waals surface area contributed by atoms with Gasteiger partial charge >= 0.3 is 0 Å². The number of aromatic nitrogens is 1. The molecule has 2 nitrogen and oxygen atoms in total. The second kappa shape index (κ2) is 4.56. The number of hydrogen-bond acceptors (Lipinski definition) is 2. The molecular weight excluding hydrogens is 172 g/mol. The fraction of sp³-hybridized carbons (Fsp3) is 0.583. The van der Waals surface area contributed by atoms with E-state index in [1.54, 1.807) is 0 Å². The molecule has 1 saturated carbocycles. The van der Waals surface area contributed by atoms with Gasteiger partial charge in [-0.15, -0.1) is 0 Å². The third-order valence-corrected chi connectivity index (χ3v) is 2.96. The molecule has 76 valence electrons. The first-order valence-electron chi connectivity index (χ1n) is 5.47. The zero-order chi connectivity index (χ0) is 9.80. The van der Waals surface area contributed by atoms with Gasteiger partial charge < -0.3 is 5.32 Å². The lowest BCUT2D eigenvalue weighted by Crippen LogP contribution is -2.26. The molecule has 14 heavy (non-hydrogen) atoms. The molecule has 0 aromatic carbocycles. The molecule has 2 rings (SSSR count). The first-order chi connectivity index (χ1) is 6.84. The van der Waals surface area contributed by atoms with Gasteiger partial charge in [0.15, 0.2) is 0 Å². The van der Waals surface area contributed by atoms with Crippen LogP contribution in [0.25, 0.3) is 0 Å². The normalized spacial score (nSPS) is 16.6. The minimum absolute atomic E-state index is 0.938. The van der Waals surface area contributed by atoms with Gasteiger partial charge in [-0.25, -0.2) is 0 Å². The van der Waals surface area contributed by atoms with Crippen molar-refractivity contribution in [1.29, 1.82) is 0 Å². The molecule has 0 bridgehead atoms. The molecule has 1 fully saturated rings. The highest BCUT2D eigenvalue weighted by molar-refractivity contribution is 5.12. The average Bonchev–Trinajstić information content (AvgIpc) is 2.12. The van der Waals surface area contributed by atoms with Crippen molar-refractivity contribution < 1.29 is 0 Å². The summed E-state index contributed by atoms with van der Waals surface area (Å²) in [5, 5.41) is 3.48. The fourth-order valence-corrected chi connectivity index (χ4v) is 1.72. The molecule has 0 atom stereocenters. The fourth-order valence-electron chi connectivity index (χ4n) is 1.72. The van der Waals surface area contributed by atoms with Crippen molar-refractivity contribution in [2.45, 2.75) is 32.7 Å². The average molecular weight is 190 g/mol. The summed E-state index contributed by atoms with van der Waals surface area (Å²) in [6.07, 6.45) is 6.22. The summed E-state index contributed by atoms with van der Waals surface area (Å²) in [5.74, 6) is 0.938. The second-order valence-electron chi connectivity index (χ2n) is 4.24. The molecule has 1 aromatic heterocycles. The molecule has 0 unspecified atom stereocenters. The minimum Gasteiger partial charge on any atom is -0.312 e. The predicted molar refractivity (Wildman–Crippen MR) is 58.0 cm³/mol. The molecule has 1 aromatic rings. The van der Waals surface area contributed by atoms with Gasteiger partial charge in [-0.2, -0.15) is 0 Å². The molecule has 1 aliphatic rings. The van der Waals surface area contributed by atoms with Gasteiger partial charge in [0.1, 0.15) is 0 Å². The van der Waals surface area contributed by atoms with E-state index in [0.717, 1.165) is 18.2 Å². The second-order valence-corrected chi connectivity index (χ2v) is 4.24. The number of pyridine rings is 1. The molecule has 0 spiro atoms. The first kappa shape index (κ1) is 9.66. The zero-order valence-electron chi connectivity index (χ0n) is 8.79. The maximum absolute atomic E-state index is 4.27. The Morgan fingerprint density at radius 1 is 1.43 bits per heavy atom. The van der Waals surface area contributed by atoms with Crippen LogP contribution in [0.15, 0.2) is 18.3 Å². The number of nitrogens with one attached hydrogen (secondary N) is 1. The summed E-state index contributed by atoms with van der Waals surface area (Å²) < 4.78 is 0. The largest absolute Gasteiger partial charge is 0.312 e. The number of aryl methyl sites for hydroxylation is 1. The van der Waals surface area contributed by atoms with E-state index in [2.05, 4.69) is 22.4 Å². The Kier molecular flexibility index (Phi) is 3.14. The smallest absolute Gasteiger partial charge is 0.0372 e. The minimum atomic E-state index is 0.938. The lowest BCUT2D eigenvalue weighted by Gasteiger charge is -2.25. The van der Waals surface area contributed by atoms with Crippen LogP contribution in [0, 0.1) is 12.8 Å². The van der Waals surface area contributed by atoms with Crippen molar-refractivity contribution in [2.24, 2.45) is 5.92 Å². The molecular formula is C12H18N2. The van der Waals surface area contributed by atoms with Crippen LogP contribution in [0.5, 0.6) is 0 Å². The molecule has 1 aliphatic carbocycles. The standard InChI is InChI=1S/C12H18N2/c1-10-5-6-12(9-14-10)8-13-7-11-3-2-4-11/h5-6,9,11,13H,2-4,7-8H2,1H3. The van der Waals surface area contributed by atoms with Gasteiger partial charge in [0.2, 0.25) is 0 Å². The van der Waals surface area contributed by atoms with Crippen LogP contribution in [0.1, 0.15) is 30.5 Å².